The number of carbonyl (C=O) groups is 1. The smallest absolute Gasteiger partial charge is 0.410 e. The molecule has 0 spiro atoms. The third-order valence-electron chi connectivity index (χ3n) is 7.57. The quantitative estimate of drug-likeness (QED) is 0.136. The summed E-state index contributed by atoms with van der Waals surface area (Å²) in [6.45, 7) is 11.4. The Morgan fingerprint density at radius 3 is 2.38 bits per heavy atom. The van der Waals surface area contributed by atoms with Crippen molar-refractivity contribution < 1.29 is 28.5 Å². The molecule has 0 N–H and O–H groups in total. The van der Waals surface area contributed by atoms with Gasteiger partial charge in [-0.3, -0.25) is 0 Å². The van der Waals surface area contributed by atoms with E-state index < -0.39 is 5.60 Å². The van der Waals surface area contributed by atoms with Crippen LogP contribution in [0.5, 0.6) is 11.5 Å². The second kappa shape index (κ2) is 16.3. The Morgan fingerprint density at radius 1 is 0.911 bits per heavy atom. The van der Waals surface area contributed by atoms with Crippen molar-refractivity contribution >= 4 is 17.4 Å². The molecule has 1 aliphatic rings. The maximum absolute atomic E-state index is 13.1. The van der Waals surface area contributed by atoms with Crippen LogP contribution in [0.2, 0.25) is 0 Å². The fourth-order valence-corrected chi connectivity index (χ4v) is 5.30. The Bertz CT molecular complexity index is 1420. The number of methoxy groups -OCH3 is 2. The van der Waals surface area contributed by atoms with Crippen molar-refractivity contribution in [2.45, 2.75) is 46.1 Å². The molecule has 0 aromatic heterocycles. The van der Waals surface area contributed by atoms with Gasteiger partial charge in [-0.25, -0.2) is 4.79 Å². The summed E-state index contributed by atoms with van der Waals surface area (Å²) in [6, 6.07) is 24.8. The third-order valence-corrected chi connectivity index (χ3v) is 7.57. The first kappa shape index (κ1) is 33.9. The second-order valence-electron chi connectivity index (χ2n) is 12.0. The molecule has 0 radical (unpaired) electrons. The molecular weight excluding hydrogens is 568 g/mol. The Balaban J connectivity index is 1.56. The number of amides is 1. The molecular formula is C37H48N2O6. The molecule has 1 amide bonds. The Kier molecular flexibility index (Phi) is 12.3. The molecule has 0 unspecified atom stereocenters. The third kappa shape index (κ3) is 9.74. The second-order valence-corrected chi connectivity index (χ2v) is 12.0. The van der Waals surface area contributed by atoms with E-state index in [9.17, 15) is 4.79 Å². The van der Waals surface area contributed by atoms with Crippen LogP contribution >= 0.6 is 0 Å². The number of hydrogen-bond donors (Lipinski definition) is 0. The molecule has 45 heavy (non-hydrogen) atoms. The normalized spacial score (nSPS) is 13.5. The summed E-state index contributed by atoms with van der Waals surface area (Å²) in [5.41, 5.74) is 6.12. The molecule has 242 valence electrons. The minimum absolute atomic E-state index is 0.305. The van der Waals surface area contributed by atoms with Gasteiger partial charge in [-0.15, -0.1) is 0 Å². The largest absolute Gasteiger partial charge is 0.497 e. The van der Waals surface area contributed by atoms with E-state index in [1.54, 1.807) is 19.1 Å². The van der Waals surface area contributed by atoms with Gasteiger partial charge in [0.15, 0.2) is 0 Å². The van der Waals surface area contributed by atoms with E-state index in [-0.39, 0.29) is 6.09 Å². The summed E-state index contributed by atoms with van der Waals surface area (Å²) in [7, 11) is 3.34. The van der Waals surface area contributed by atoms with Crippen LogP contribution in [0.4, 0.5) is 10.5 Å². The van der Waals surface area contributed by atoms with Crippen LogP contribution < -0.4 is 14.4 Å². The van der Waals surface area contributed by atoms with Crippen molar-refractivity contribution in [2.24, 2.45) is 0 Å². The maximum Gasteiger partial charge on any atom is 0.410 e. The fraction of sp³-hybridized carbons (Fsp3) is 0.432. The van der Waals surface area contributed by atoms with Gasteiger partial charge in [-0.2, -0.15) is 0 Å². The van der Waals surface area contributed by atoms with Crippen LogP contribution in [0.15, 0.2) is 78.4 Å². The van der Waals surface area contributed by atoms with E-state index in [1.807, 2.05) is 45.0 Å². The number of rotatable bonds is 14. The predicted octanol–water partition coefficient (Wildman–Crippen LogP) is 7.67. The summed E-state index contributed by atoms with van der Waals surface area (Å²) in [6.07, 6.45) is 1.19. The Labute approximate surface area is 268 Å². The van der Waals surface area contributed by atoms with Crippen LogP contribution in [-0.4, -0.2) is 77.0 Å². The van der Waals surface area contributed by atoms with Gasteiger partial charge in [0.1, 0.15) is 23.8 Å². The van der Waals surface area contributed by atoms with Crippen LogP contribution in [0.3, 0.4) is 0 Å². The number of benzene rings is 3. The first-order valence-corrected chi connectivity index (χ1v) is 15.7. The molecule has 8 nitrogen and oxygen atoms in total. The van der Waals surface area contributed by atoms with Gasteiger partial charge in [0.25, 0.3) is 0 Å². The van der Waals surface area contributed by atoms with Gasteiger partial charge in [0.05, 0.1) is 26.0 Å². The van der Waals surface area contributed by atoms with Crippen LogP contribution in [0.25, 0.3) is 16.7 Å². The van der Waals surface area contributed by atoms with Crippen molar-refractivity contribution in [3.8, 4) is 22.6 Å². The van der Waals surface area contributed by atoms with Gasteiger partial charge in [0, 0.05) is 45.8 Å². The lowest BCUT2D eigenvalue weighted by molar-refractivity contribution is 0.0255. The van der Waals surface area contributed by atoms with Crippen LogP contribution in [0, 0.1) is 0 Å². The highest BCUT2D eigenvalue weighted by atomic mass is 16.6. The zero-order valence-electron chi connectivity index (χ0n) is 27.6. The monoisotopic (exact) mass is 616 g/mol. The Hall–Kier alpha value is -4.01. The lowest BCUT2D eigenvalue weighted by Gasteiger charge is -2.33. The van der Waals surface area contributed by atoms with E-state index in [2.05, 4.69) is 60.4 Å². The average Bonchev–Trinajstić information content (AvgIpc) is 3.05. The summed E-state index contributed by atoms with van der Waals surface area (Å²) in [5, 5.41) is 0. The summed E-state index contributed by atoms with van der Waals surface area (Å²) >= 11 is 0. The molecule has 0 atom stereocenters. The fourth-order valence-electron chi connectivity index (χ4n) is 5.30. The zero-order valence-corrected chi connectivity index (χ0v) is 27.6. The van der Waals surface area contributed by atoms with Crippen molar-refractivity contribution in [2.75, 3.05) is 65.3 Å². The van der Waals surface area contributed by atoms with Crippen molar-refractivity contribution in [1.82, 2.24) is 4.90 Å². The van der Waals surface area contributed by atoms with Crippen molar-refractivity contribution in [3.05, 3.63) is 83.9 Å². The topological polar surface area (TPSA) is 69.7 Å². The molecule has 0 saturated heterocycles. The molecule has 0 aliphatic carbocycles. The lowest BCUT2D eigenvalue weighted by Crippen LogP contribution is -2.41. The molecule has 0 fully saturated rings. The summed E-state index contributed by atoms with van der Waals surface area (Å²) < 4.78 is 28.9. The minimum Gasteiger partial charge on any atom is -0.497 e. The number of nitrogens with zero attached hydrogens (tertiary/aromatic N) is 2. The molecule has 0 bridgehead atoms. The summed E-state index contributed by atoms with van der Waals surface area (Å²) in [4.78, 5) is 17.0. The van der Waals surface area contributed by atoms with Crippen LogP contribution in [0.1, 0.15) is 46.1 Å². The zero-order chi connectivity index (χ0) is 32.2. The van der Waals surface area contributed by atoms with Crippen molar-refractivity contribution in [1.29, 1.82) is 0 Å². The lowest BCUT2D eigenvalue weighted by atomic mass is 9.91. The molecule has 0 saturated carbocycles. The molecule has 8 heteroatoms. The van der Waals surface area contributed by atoms with E-state index in [1.165, 1.54) is 11.1 Å². The van der Waals surface area contributed by atoms with Gasteiger partial charge >= 0.3 is 6.09 Å². The number of anilines is 1. The molecule has 4 rings (SSSR count). The first-order valence-electron chi connectivity index (χ1n) is 15.7. The average molecular weight is 617 g/mol. The first-order chi connectivity index (χ1) is 21.7. The number of carbonyl (C=O) groups excluding carboxylic acids is 1. The van der Waals surface area contributed by atoms with Gasteiger partial charge < -0.3 is 33.5 Å². The van der Waals surface area contributed by atoms with Crippen molar-refractivity contribution in [3.63, 3.8) is 0 Å². The minimum atomic E-state index is -0.564. The Morgan fingerprint density at radius 2 is 1.67 bits per heavy atom. The highest BCUT2D eigenvalue weighted by Gasteiger charge is 2.28. The molecule has 1 aliphatic heterocycles. The standard InChI is InChI=1S/C37H48N2O6/c1-7-38(34-18-17-32(42-6)24-35(34)44-22-12-21-41-5)27-43-26-31-25-39(36(40)45-37(2,3)4)20-19-33(31)30-16-11-15-29(23-30)28-13-9-8-10-14-28/h8-11,13-18,23-24H,7,12,19-22,25-27H2,1-6H3. The maximum atomic E-state index is 13.1. The van der Waals surface area contributed by atoms with E-state index in [0.717, 1.165) is 46.9 Å². The molecule has 1 heterocycles. The van der Waals surface area contributed by atoms with E-state index in [4.69, 9.17) is 23.7 Å². The number of ether oxygens (including phenoxy) is 5. The highest BCUT2D eigenvalue weighted by molar-refractivity contribution is 5.77. The molecule has 3 aromatic carbocycles. The summed E-state index contributed by atoms with van der Waals surface area (Å²) in [5.74, 6) is 1.47. The van der Waals surface area contributed by atoms with Gasteiger partial charge in [0.2, 0.25) is 0 Å². The van der Waals surface area contributed by atoms with E-state index in [0.29, 0.717) is 46.1 Å². The number of hydrogen-bond acceptors (Lipinski definition) is 7. The predicted molar refractivity (Wildman–Crippen MR) is 180 cm³/mol. The van der Waals surface area contributed by atoms with Gasteiger partial charge in [-0.1, -0.05) is 48.5 Å². The van der Waals surface area contributed by atoms with Gasteiger partial charge in [-0.05, 0) is 80.2 Å². The van der Waals surface area contributed by atoms with Crippen LogP contribution in [-0.2, 0) is 14.2 Å². The van der Waals surface area contributed by atoms with E-state index >= 15 is 0 Å². The SMILES string of the molecule is CCN(COCC1=C(c2cccc(-c3ccccc3)c2)CCN(C(=O)OC(C)(C)C)C1)c1ccc(OC)cc1OCCCOC. The molecule has 3 aromatic rings. The highest BCUT2D eigenvalue weighted by Crippen LogP contribution is 2.34.